The van der Waals surface area contributed by atoms with E-state index >= 15 is 0 Å². The summed E-state index contributed by atoms with van der Waals surface area (Å²) in [6.07, 6.45) is -11.3. The number of rotatable bonds is 4. The lowest BCUT2D eigenvalue weighted by Gasteiger charge is -2.29. The summed E-state index contributed by atoms with van der Waals surface area (Å²) in [4.78, 5) is 11.1. The summed E-state index contributed by atoms with van der Waals surface area (Å²) < 4.78 is 73.3. The average Bonchev–Trinajstić information content (AvgIpc) is 1.94. The summed E-state index contributed by atoms with van der Waals surface area (Å²) in [5.41, 5.74) is -1.24. The molecule has 0 fully saturated rings. The third-order valence-corrected chi connectivity index (χ3v) is 2.29. The number of hydrogen-bond acceptors (Lipinski definition) is 1. The highest BCUT2D eigenvalue weighted by Crippen LogP contribution is 2.39. The van der Waals surface area contributed by atoms with Crippen molar-refractivity contribution in [2.24, 2.45) is 5.92 Å². The Morgan fingerprint density at radius 1 is 1.11 bits per heavy atom. The molecule has 0 saturated carbocycles. The molecule has 108 valence electrons. The van der Waals surface area contributed by atoms with Crippen molar-refractivity contribution in [3.8, 4) is 0 Å². The van der Waals surface area contributed by atoms with Crippen molar-refractivity contribution in [3.05, 3.63) is 0 Å². The van der Waals surface area contributed by atoms with E-state index in [1.165, 1.54) is 13.8 Å². The van der Waals surface area contributed by atoms with Crippen molar-refractivity contribution < 1.29 is 31.1 Å². The van der Waals surface area contributed by atoms with E-state index in [4.69, 9.17) is 11.6 Å². The maximum absolute atomic E-state index is 12.2. The second kappa shape index (κ2) is 5.54. The molecule has 2 nitrogen and oxygen atoms in total. The molecule has 9 heteroatoms. The lowest BCUT2D eigenvalue weighted by Crippen LogP contribution is -2.53. The van der Waals surface area contributed by atoms with Crippen LogP contribution >= 0.6 is 11.6 Å². The summed E-state index contributed by atoms with van der Waals surface area (Å²) in [5.74, 6) is -6.15. The standard InChI is InChI=1S/C9H12ClF6NO/c1-7(2,3-4-10)17-6(18)5(8(11,12)13)9(14,15)16/h5H,3-4H2,1-2H3,(H,17,18). The minimum atomic E-state index is -5.68. The Hall–Kier alpha value is -0.660. The zero-order chi connectivity index (χ0) is 14.8. The van der Waals surface area contributed by atoms with E-state index in [0.717, 1.165) is 0 Å². The van der Waals surface area contributed by atoms with Crippen LogP contribution in [0.3, 0.4) is 0 Å². The molecule has 0 aliphatic carbocycles. The van der Waals surface area contributed by atoms with E-state index in [9.17, 15) is 31.1 Å². The molecule has 0 rings (SSSR count). The number of hydrogen-bond donors (Lipinski definition) is 1. The fourth-order valence-electron chi connectivity index (χ4n) is 1.19. The summed E-state index contributed by atoms with van der Waals surface area (Å²) in [6, 6.07) is 0. The predicted molar refractivity (Wildman–Crippen MR) is 53.2 cm³/mol. The molecule has 0 unspecified atom stereocenters. The largest absolute Gasteiger partial charge is 0.409 e. The van der Waals surface area contributed by atoms with Gasteiger partial charge in [0.1, 0.15) is 0 Å². The Labute approximate surface area is 105 Å². The molecule has 18 heavy (non-hydrogen) atoms. The molecule has 0 heterocycles. The van der Waals surface area contributed by atoms with E-state index in [0.29, 0.717) is 0 Å². The molecule has 0 aromatic heterocycles. The highest BCUT2D eigenvalue weighted by molar-refractivity contribution is 6.17. The van der Waals surface area contributed by atoms with Crippen molar-refractivity contribution in [2.45, 2.75) is 38.2 Å². The highest BCUT2D eigenvalue weighted by Gasteiger charge is 2.61. The molecule has 0 aromatic carbocycles. The maximum Gasteiger partial charge on any atom is 0.409 e. The number of halogens is 7. The predicted octanol–water partition coefficient (Wildman–Crippen LogP) is 3.25. The van der Waals surface area contributed by atoms with Crippen molar-refractivity contribution in [2.75, 3.05) is 5.88 Å². The number of carbonyl (C=O) groups excluding carboxylic acids is 1. The minimum absolute atomic E-state index is 0.00399. The van der Waals surface area contributed by atoms with Crippen LogP contribution in [-0.2, 0) is 4.79 Å². The third kappa shape index (κ3) is 5.32. The van der Waals surface area contributed by atoms with E-state index in [-0.39, 0.29) is 12.3 Å². The van der Waals surface area contributed by atoms with E-state index in [2.05, 4.69) is 0 Å². The summed E-state index contributed by atoms with van der Waals surface area (Å²) in [5, 5.41) is 1.71. The monoisotopic (exact) mass is 299 g/mol. The lowest BCUT2D eigenvalue weighted by molar-refractivity contribution is -0.274. The minimum Gasteiger partial charge on any atom is -0.350 e. The molecule has 1 amide bonds. The first kappa shape index (κ1) is 17.3. The molecule has 0 bridgehead atoms. The maximum atomic E-state index is 12.2. The topological polar surface area (TPSA) is 29.1 Å². The van der Waals surface area contributed by atoms with Crippen LogP contribution in [0.4, 0.5) is 26.3 Å². The van der Waals surface area contributed by atoms with Crippen molar-refractivity contribution in [1.29, 1.82) is 0 Å². The molecule has 0 atom stereocenters. The van der Waals surface area contributed by atoms with Gasteiger partial charge in [0.2, 0.25) is 11.8 Å². The van der Waals surface area contributed by atoms with Gasteiger partial charge in [0.05, 0.1) is 0 Å². The van der Waals surface area contributed by atoms with Crippen LogP contribution in [0.2, 0.25) is 0 Å². The van der Waals surface area contributed by atoms with Gasteiger partial charge in [0.15, 0.2) is 0 Å². The molecular weight excluding hydrogens is 288 g/mol. The average molecular weight is 300 g/mol. The Balaban J connectivity index is 5.02. The second-order valence-electron chi connectivity index (χ2n) is 4.33. The Kier molecular flexibility index (Phi) is 5.34. The van der Waals surface area contributed by atoms with Crippen LogP contribution in [0, 0.1) is 5.92 Å². The zero-order valence-electron chi connectivity index (χ0n) is 9.55. The SMILES string of the molecule is CC(C)(CCCl)NC(=O)C(C(F)(F)F)C(F)(F)F. The highest BCUT2D eigenvalue weighted by atomic mass is 35.5. The molecule has 0 radical (unpaired) electrons. The molecule has 0 aliphatic rings. The molecule has 0 aliphatic heterocycles. The van der Waals surface area contributed by atoms with Gasteiger partial charge in [-0.25, -0.2) is 0 Å². The van der Waals surface area contributed by atoms with Gasteiger partial charge in [-0.1, -0.05) is 0 Å². The van der Waals surface area contributed by atoms with Crippen LogP contribution in [-0.4, -0.2) is 29.7 Å². The van der Waals surface area contributed by atoms with Crippen molar-refractivity contribution >= 4 is 17.5 Å². The summed E-state index contributed by atoms with van der Waals surface area (Å²) in [7, 11) is 0. The van der Waals surface area contributed by atoms with Gasteiger partial charge < -0.3 is 5.32 Å². The molecule has 0 aromatic rings. The fourth-order valence-corrected chi connectivity index (χ4v) is 1.66. The summed E-state index contributed by atoms with van der Waals surface area (Å²) >= 11 is 5.33. The number of alkyl halides is 7. The van der Waals surface area contributed by atoms with Crippen molar-refractivity contribution in [3.63, 3.8) is 0 Å². The van der Waals surface area contributed by atoms with Crippen LogP contribution < -0.4 is 5.32 Å². The zero-order valence-corrected chi connectivity index (χ0v) is 10.3. The number of nitrogens with one attached hydrogen (secondary N) is 1. The quantitative estimate of drug-likeness (QED) is 0.626. The second-order valence-corrected chi connectivity index (χ2v) is 4.71. The Morgan fingerprint density at radius 2 is 1.50 bits per heavy atom. The normalized spacial score (nSPS) is 13.9. The molecular formula is C9H12ClF6NO. The van der Waals surface area contributed by atoms with Crippen LogP contribution in [0.1, 0.15) is 20.3 Å². The van der Waals surface area contributed by atoms with E-state index in [1.54, 1.807) is 5.32 Å². The molecule has 1 N–H and O–H groups in total. The third-order valence-electron chi connectivity index (χ3n) is 2.10. The van der Waals surface area contributed by atoms with Gasteiger partial charge >= 0.3 is 12.4 Å². The Morgan fingerprint density at radius 3 is 1.78 bits per heavy atom. The van der Waals surface area contributed by atoms with Crippen molar-refractivity contribution in [1.82, 2.24) is 5.32 Å². The number of amides is 1. The molecule has 0 spiro atoms. The van der Waals surface area contributed by atoms with Gasteiger partial charge in [-0.15, -0.1) is 11.6 Å². The first-order chi connectivity index (χ1) is 7.81. The fraction of sp³-hybridized carbons (Fsp3) is 0.889. The van der Waals surface area contributed by atoms with Gasteiger partial charge in [-0.2, -0.15) is 26.3 Å². The van der Waals surface area contributed by atoms with Gasteiger partial charge in [-0.05, 0) is 20.3 Å². The first-order valence-electron chi connectivity index (χ1n) is 4.82. The van der Waals surface area contributed by atoms with Crippen LogP contribution in [0.5, 0.6) is 0 Å². The van der Waals surface area contributed by atoms with Gasteiger partial charge in [0.25, 0.3) is 0 Å². The summed E-state index contributed by atoms with van der Waals surface area (Å²) in [6.45, 7) is 2.58. The van der Waals surface area contributed by atoms with Gasteiger partial charge in [-0.3, -0.25) is 4.79 Å². The molecule has 0 saturated heterocycles. The Bertz CT molecular complexity index is 284. The van der Waals surface area contributed by atoms with E-state index in [1.807, 2.05) is 0 Å². The lowest BCUT2D eigenvalue weighted by atomic mass is 9.99. The number of carbonyl (C=O) groups is 1. The van der Waals surface area contributed by atoms with Crippen LogP contribution in [0.25, 0.3) is 0 Å². The van der Waals surface area contributed by atoms with Gasteiger partial charge in [0, 0.05) is 11.4 Å². The first-order valence-corrected chi connectivity index (χ1v) is 5.36. The smallest absolute Gasteiger partial charge is 0.350 e. The van der Waals surface area contributed by atoms with E-state index < -0.39 is 29.7 Å². The van der Waals surface area contributed by atoms with Crippen LogP contribution in [0.15, 0.2) is 0 Å².